The SMILES string of the molecule is CCC(CN)C(=O)NCC(C(C)C)N1CCCC1. The Labute approximate surface area is 111 Å². The monoisotopic (exact) mass is 255 g/mol. The van der Waals surface area contributed by atoms with Crippen molar-refractivity contribution in [1.29, 1.82) is 0 Å². The molecule has 106 valence electrons. The largest absolute Gasteiger partial charge is 0.354 e. The number of rotatable bonds is 7. The Morgan fingerprint density at radius 3 is 2.39 bits per heavy atom. The van der Waals surface area contributed by atoms with Gasteiger partial charge in [0.25, 0.3) is 0 Å². The molecule has 0 saturated carbocycles. The number of nitrogens with two attached hydrogens (primary N) is 1. The van der Waals surface area contributed by atoms with Crippen molar-refractivity contribution in [2.45, 2.75) is 46.1 Å². The summed E-state index contributed by atoms with van der Waals surface area (Å²) in [6.45, 7) is 10.0. The molecule has 0 spiro atoms. The minimum atomic E-state index is -0.0311. The van der Waals surface area contributed by atoms with Gasteiger partial charge in [0.05, 0.1) is 0 Å². The molecule has 3 N–H and O–H groups in total. The normalized spacial score (nSPS) is 20.1. The maximum Gasteiger partial charge on any atom is 0.224 e. The van der Waals surface area contributed by atoms with E-state index in [4.69, 9.17) is 5.73 Å². The third-order valence-electron chi connectivity index (χ3n) is 4.01. The molecule has 0 radical (unpaired) electrons. The Morgan fingerprint density at radius 2 is 1.94 bits per heavy atom. The van der Waals surface area contributed by atoms with Gasteiger partial charge in [0.2, 0.25) is 5.91 Å². The summed E-state index contributed by atoms with van der Waals surface area (Å²) in [5.74, 6) is 0.655. The van der Waals surface area contributed by atoms with E-state index in [1.165, 1.54) is 25.9 Å². The minimum absolute atomic E-state index is 0.0311. The van der Waals surface area contributed by atoms with Crippen LogP contribution in [0.4, 0.5) is 0 Å². The zero-order valence-corrected chi connectivity index (χ0v) is 12.1. The van der Waals surface area contributed by atoms with E-state index in [-0.39, 0.29) is 11.8 Å². The molecule has 4 heteroatoms. The van der Waals surface area contributed by atoms with Crippen LogP contribution in [0.1, 0.15) is 40.0 Å². The summed E-state index contributed by atoms with van der Waals surface area (Å²) in [6, 6.07) is 0.465. The molecule has 2 atom stereocenters. The molecule has 1 rings (SSSR count). The molecule has 1 aliphatic rings. The number of carbonyl (C=O) groups is 1. The van der Waals surface area contributed by atoms with Crippen molar-refractivity contribution in [1.82, 2.24) is 10.2 Å². The number of carbonyl (C=O) groups excluding carboxylic acids is 1. The lowest BCUT2D eigenvalue weighted by molar-refractivity contribution is -0.125. The Hall–Kier alpha value is -0.610. The molecular formula is C14H29N3O. The van der Waals surface area contributed by atoms with Gasteiger partial charge in [-0.1, -0.05) is 20.8 Å². The molecule has 1 saturated heterocycles. The van der Waals surface area contributed by atoms with Crippen LogP contribution in [0.5, 0.6) is 0 Å². The summed E-state index contributed by atoms with van der Waals surface area (Å²) < 4.78 is 0. The summed E-state index contributed by atoms with van der Waals surface area (Å²) >= 11 is 0. The molecule has 18 heavy (non-hydrogen) atoms. The second kappa shape index (κ2) is 7.74. The quantitative estimate of drug-likeness (QED) is 0.719. The van der Waals surface area contributed by atoms with Gasteiger partial charge in [0, 0.05) is 25.0 Å². The van der Waals surface area contributed by atoms with Crippen molar-refractivity contribution < 1.29 is 4.79 Å². The topological polar surface area (TPSA) is 58.4 Å². The molecule has 0 aliphatic carbocycles. The fourth-order valence-corrected chi connectivity index (χ4v) is 2.67. The molecule has 0 aromatic heterocycles. The van der Waals surface area contributed by atoms with Gasteiger partial charge >= 0.3 is 0 Å². The maximum absolute atomic E-state index is 11.9. The molecule has 4 nitrogen and oxygen atoms in total. The van der Waals surface area contributed by atoms with E-state index in [0.717, 1.165) is 13.0 Å². The first-order valence-corrected chi connectivity index (χ1v) is 7.32. The van der Waals surface area contributed by atoms with E-state index in [1.54, 1.807) is 0 Å². The third-order valence-corrected chi connectivity index (χ3v) is 4.01. The molecular weight excluding hydrogens is 226 g/mol. The van der Waals surface area contributed by atoms with Gasteiger partial charge in [-0.2, -0.15) is 0 Å². The van der Waals surface area contributed by atoms with Gasteiger partial charge in [0.15, 0.2) is 0 Å². The molecule has 1 fully saturated rings. The third kappa shape index (κ3) is 4.25. The van der Waals surface area contributed by atoms with E-state index in [1.807, 2.05) is 6.92 Å². The average molecular weight is 255 g/mol. The van der Waals surface area contributed by atoms with Gasteiger partial charge in [0.1, 0.15) is 0 Å². The molecule has 1 aliphatic heterocycles. The molecule has 2 unspecified atom stereocenters. The molecule has 0 aromatic carbocycles. The van der Waals surface area contributed by atoms with Crippen LogP contribution < -0.4 is 11.1 Å². The van der Waals surface area contributed by atoms with Crippen LogP contribution in [0, 0.1) is 11.8 Å². The van der Waals surface area contributed by atoms with E-state index >= 15 is 0 Å². The number of likely N-dealkylation sites (tertiary alicyclic amines) is 1. The van der Waals surface area contributed by atoms with Gasteiger partial charge < -0.3 is 11.1 Å². The van der Waals surface area contributed by atoms with Crippen molar-refractivity contribution in [3.8, 4) is 0 Å². The lowest BCUT2D eigenvalue weighted by atomic mass is 10.0. The summed E-state index contributed by atoms with van der Waals surface area (Å²) in [5.41, 5.74) is 5.60. The van der Waals surface area contributed by atoms with Gasteiger partial charge in [-0.3, -0.25) is 9.69 Å². The van der Waals surface area contributed by atoms with Crippen LogP contribution in [0.2, 0.25) is 0 Å². The standard InChI is InChI=1S/C14H29N3O/c1-4-12(9-15)14(18)16-10-13(11(2)3)17-7-5-6-8-17/h11-13H,4-10,15H2,1-3H3,(H,16,18). The predicted molar refractivity (Wildman–Crippen MR) is 75.3 cm³/mol. The van der Waals surface area contributed by atoms with Crippen molar-refractivity contribution in [3.63, 3.8) is 0 Å². The maximum atomic E-state index is 11.9. The van der Waals surface area contributed by atoms with Gasteiger partial charge in [-0.05, 0) is 38.3 Å². The number of nitrogens with one attached hydrogen (secondary N) is 1. The highest BCUT2D eigenvalue weighted by Crippen LogP contribution is 2.17. The van der Waals surface area contributed by atoms with Gasteiger partial charge in [-0.25, -0.2) is 0 Å². The van der Waals surface area contributed by atoms with Crippen molar-refractivity contribution in [3.05, 3.63) is 0 Å². The van der Waals surface area contributed by atoms with Crippen molar-refractivity contribution in [2.24, 2.45) is 17.6 Å². The van der Waals surface area contributed by atoms with E-state index in [9.17, 15) is 4.79 Å². The zero-order valence-electron chi connectivity index (χ0n) is 12.1. The highest BCUT2D eigenvalue weighted by Gasteiger charge is 2.25. The Balaban J connectivity index is 2.44. The minimum Gasteiger partial charge on any atom is -0.354 e. The summed E-state index contributed by atoms with van der Waals surface area (Å²) in [7, 11) is 0. The number of amides is 1. The number of nitrogens with zero attached hydrogens (tertiary/aromatic N) is 1. The lowest BCUT2D eigenvalue weighted by Gasteiger charge is -2.31. The smallest absolute Gasteiger partial charge is 0.224 e. The Bertz CT molecular complexity index is 245. The van der Waals surface area contributed by atoms with Gasteiger partial charge in [-0.15, -0.1) is 0 Å². The van der Waals surface area contributed by atoms with Crippen LogP contribution in [0.25, 0.3) is 0 Å². The fraction of sp³-hybridized carbons (Fsp3) is 0.929. The van der Waals surface area contributed by atoms with Crippen LogP contribution in [0.3, 0.4) is 0 Å². The first-order valence-electron chi connectivity index (χ1n) is 7.32. The van der Waals surface area contributed by atoms with E-state index in [0.29, 0.717) is 18.5 Å². The van der Waals surface area contributed by atoms with E-state index in [2.05, 4.69) is 24.1 Å². The fourth-order valence-electron chi connectivity index (χ4n) is 2.67. The lowest BCUT2D eigenvalue weighted by Crippen LogP contribution is -2.47. The number of hydrogen-bond donors (Lipinski definition) is 2. The number of hydrogen-bond acceptors (Lipinski definition) is 3. The first kappa shape index (κ1) is 15.4. The molecule has 1 amide bonds. The predicted octanol–water partition coefficient (Wildman–Crippen LogP) is 1.21. The summed E-state index contributed by atoms with van der Waals surface area (Å²) in [5, 5.41) is 3.08. The highest BCUT2D eigenvalue weighted by atomic mass is 16.1. The molecule has 1 heterocycles. The zero-order chi connectivity index (χ0) is 13.5. The van der Waals surface area contributed by atoms with Crippen molar-refractivity contribution >= 4 is 5.91 Å². The van der Waals surface area contributed by atoms with Crippen LogP contribution in [-0.2, 0) is 4.79 Å². The van der Waals surface area contributed by atoms with Crippen LogP contribution in [-0.4, -0.2) is 43.0 Å². The second-order valence-electron chi connectivity index (χ2n) is 5.64. The van der Waals surface area contributed by atoms with Crippen molar-refractivity contribution in [2.75, 3.05) is 26.2 Å². The highest BCUT2D eigenvalue weighted by molar-refractivity contribution is 5.78. The van der Waals surface area contributed by atoms with Crippen LogP contribution >= 0.6 is 0 Å². The first-order chi connectivity index (χ1) is 8.60. The Kier molecular flexibility index (Phi) is 6.65. The summed E-state index contributed by atoms with van der Waals surface area (Å²) in [6.07, 6.45) is 3.40. The molecule has 0 bridgehead atoms. The van der Waals surface area contributed by atoms with E-state index < -0.39 is 0 Å². The van der Waals surface area contributed by atoms with Crippen LogP contribution in [0.15, 0.2) is 0 Å². The molecule has 0 aromatic rings. The Morgan fingerprint density at radius 1 is 1.33 bits per heavy atom. The summed E-state index contributed by atoms with van der Waals surface area (Å²) in [4.78, 5) is 14.4. The average Bonchev–Trinajstić information content (AvgIpc) is 2.84. The second-order valence-corrected chi connectivity index (χ2v) is 5.64.